The van der Waals surface area contributed by atoms with Crippen molar-refractivity contribution in [1.82, 2.24) is 20.4 Å². The fourth-order valence-electron chi connectivity index (χ4n) is 3.93. The molecule has 1 amide bonds. The number of carbonyl (C=O) groups excluding carboxylic acids is 1. The smallest absolute Gasteiger partial charge is 0.243 e. The molecule has 2 rings (SSSR count). The van der Waals surface area contributed by atoms with E-state index in [1.54, 1.807) is 19.0 Å². The largest absolute Gasteiger partial charge is 0.356 e. The average molecular weight is 515 g/mol. The summed E-state index contributed by atoms with van der Waals surface area (Å²) in [5.41, 5.74) is 1.47. The van der Waals surface area contributed by atoms with Gasteiger partial charge >= 0.3 is 0 Å². The molecule has 1 saturated carbocycles. The molecule has 1 aliphatic carbocycles. The summed E-state index contributed by atoms with van der Waals surface area (Å²) < 4.78 is 0. The Morgan fingerprint density at radius 2 is 1.76 bits per heavy atom. The summed E-state index contributed by atoms with van der Waals surface area (Å²) in [5, 5.41) is 7.02. The van der Waals surface area contributed by atoms with Gasteiger partial charge in [0.1, 0.15) is 6.54 Å². The fraction of sp³-hybridized carbons (Fsp3) is 0.636. The lowest BCUT2D eigenvalue weighted by atomic mass is 9.85. The van der Waals surface area contributed by atoms with E-state index in [1.807, 2.05) is 18.2 Å². The molecule has 1 unspecified atom stereocenters. The standard InChI is InChI=1S/C22H37N5O.HI/c1-18(19-11-7-6-8-12-19)25-21(23-15-20(28)27(4)5)24-16-22(17-26(2)3)13-9-10-14-22;/h6-8,11-12,18H,9-10,13-17H2,1-5H3,(H2,23,24,25);1H. The van der Waals surface area contributed by atoms with Gasteiger partial charge in [-0.05, 0) is 39.4 Å². The van der Waals surface area contributed by atoms with Crippen molar-refractivity contribution in [3.8, 4) is 0 Å². The molecular weight excluding hydrogens is 477 g/mol. The molecule has 0 bridgehead atoms. The molecule has 2 N–H and O–H groups in total. The Morgan fingerprint density at radius 3 is 2.31 bits per heavy atom. The number of likely N-dealkylation sites (N-methyl/N-ethyl adjacent to an activating group) is 1. The second-order valence-electron chi connectivity index (χ2n) is 8.53. The van der Waals surface area contributed by atoms with Crippen LogP contribution in [0.5, 0.6) is 0 Å². The third-order valence-corrected chi connectivity index (χ3v) is 5.47. The van der Waals surface area contributed by atoms with Crippen LogP contribution in [0.3, 0.4) is 0 Å². The van der Waals surface area contributed by atoms with Gasteiger partial charge in [0.25, 0.3) is 0 Å². The normalized spacial score (nSPS) is 16.8. The highest BCUT2D eigenvalue weighted by atomic mass is 127. The lowest BCUT2D eigenvalue weighted by Gasteiger charge is -2.33. The Bertz CT molecular complexity index is 642. The topological polar surface area (TPSA) is 60.0 Å². The molecule has 1 fully saturated rings. The van der Waals surface area contributed by atoms with Crippen LogP contribution in [0, 0.1) is 5.41 Å². The summed E-state index contributed by atoms with van der Waals surface area (Å²) in [6, 6.07) is 10.4. The van der Waals surface area contributed by atoms with Crippen LogP contribution < -0.4 is 10.6 Å². The molecule has 0 radical (unpaired) electrons. The van der Waals surface area contributed by atoms with E-state index in [-0.39, 0.29) is 47.9 Å². The van der Waals surface area contributed by atoms with Crippen molar-refractivity contribution in [3.63, 3.8) is 0 Å². The Balaban J connectivity index is 0.00000420. The number of aliphatic imine (C=N–C) groups is 1. The van der Waals surface area contributed by atoms with Gasteiger partial charge in [-0.15, -0.1) is 24.0 Å². The van der Waals surface area contributed by atoms with E-state index in [4.69, 9.17) is 0 Å². The highest BCUT2D eigenvalue weighted by Crippen LogP contribution is 2.37. The van der Waals surface area contributed by atoms with E-state index in [0.717, 1.165) is 13.1 Å². The van der Waals surface area contributed by atoms with Gasteiger partial charge in [0.2, 0.25) is 5.91 Å². The molecule has 1 aromatic rings. The molecule has 29 heavy (non-hydrogen) atoms. The van der Waals surface area contributed by atoms with Crippen LogP contribution in [0.25, 0.3) is 0 Å². The van der Waals surface area contributed by atoms with Crippen LogP contribution in [0.2, 0.25) is 0 Å². The molecule has 164 valence electrons. The van der Waals surface area contributed by atoms with Crippen molar-refractivity contribution in [1.29, 1.82) is 0 Å². The maximum Gasteiger partial charge on any atom is 0.243 e. The first-order valence-corrected chi connectivity index (χ1v) is 10.3. The second-order valence-corrected chi connectivity index (χ2v) is 8.53. The number of nitrogens with zero attached hydrogens (tertiary/aromatic N) is 3. The number of nitrogens with one attached hydrogen (secondary N) is 2. The Kier molecular flexibility index (Phi) is 11.0. The number of amides is 1. The predicted molar refractivity (Wildman–Crippen MR) is 132 cm³/mol. The number of benzene rings is 1. The van der Waals surface area contributed by atoms with E-state index in [9.17, 15) is 4.79 Å². The minimum absolute atomic E-state index is 0. The van der Waals surface area contributed by atoms with Crippen LogP contribution in [-0.2, 0) is 4.79 Å². The molecule has 0 aliphatic heterocycles. The van der Waals surface area contributed by atoms with Gasteiger partial charge in [-0.25, -0.2) is 4.99 Å². The quantitative estimate of drug-likeness (QED) is 0.318. The molecule has 1 atom stereocenters. The third-order valence-electron chi connectivity index (χ3n) is 5.47. The van der Waals surface area contributed by atoms with E-state index in [0.29, 0.717) is 5.96 Å². The Morgan fingerprint density at radius 1 is 1.14 bits per heavy atom. The van der Waals surface area contributed by atoms with E-state index in [1.165, 1.54) is 31.2 Å². The zero-order valence-corrected chi connectivity index (χ0v) is 20.9. The Hall–Kier alpha value is -1.35. The minimum atomic E-state index is -0.00247. The first-order valence-electron chi connectivity index (χ1n) is 10.3. The number of halogens is 1. The van der Waals surface area contributed by atoms with E-state index >= 15 is 0 Å². The number of hydrogen-bond donors (Lipinski definition) is 2. The molecule has 1 aliphatic rings. The first-order chi connectivity index (χ1) is 13.3. The van der Waals surface area contributed by atoms with Crippen LogP contribution in [-0.4, -0.2) is 69.5 Å². The molecule has 0 saturated heterocycles. The molecule has 0 spiro atoms. The summed E-state index contributed by atoms with van der Waals surface area (Å²) in [7, 11) is 7.80. The van der Waals surface area contributed by atoms with Crippen molar-refractivity contribution < 1.29 is 4.79 Å². The molecule has 7 heteroatoms. The van der Waals surface area contributed by atoms with Gasteiger partial charge in [0, 0.05) is 32.6 Å². The fourth-order valence-corrected chi connectivity index (χ4v) is 3.93. The van der Waals surface area contributed by atoms with Crippen molar-refractivity contribution in [2.75, 3.05) is 47.8 Å². The highest BCUT2D eigenvalue weighted by molar-refractivity contribution is 14.0. The lowest BCUT2D eigenvalue weighted by molar-refractivity contribution is -0.127. The summed E-state index contributed by atoms with van der Waals surface area (Å²) in [5.74, 6) is 0.703. The van der Waals surface area contributed by atoms with Crippen LogP contribution in [0.1, 0.15) is 44.2 Å². The van der Waals surface area contributed by atoms with Gasteiger partial charge in [-0.1, -0.05) is 43.2 Å². The average Bonchev–Trinajstić information content (AvgIpc) is 3.12. The van der Waals surface area contributed by atoms with E-state index < -0.39 is 0 Å². The maximum atomic E-state index is 12.0. The van der Waals surface area contributed by atoms with Gasteiger partial charge in [-0.3, -0.25) is 4.79 Å². The van der Waals surface area contributed by atoms with Crippen molar-refractivity contribution in [2.45, 2.75) is 38.6 Å². The third kappa shape index (κ3) is 8.50. The zero-order chi connectivity index (χ0) is 20.6. The molecular formula is C22H38IN5O. The first kappa shape index (κ1) is 25.7. The van der Waals surface area contributed by atoms with Gasteiger partial charge in [0.05, 0.1) is 6.04 Å². The predicted octanol–water partition coefficient (Wildman–Crippen LogP) is 3.11. The minimum Gasteiger partial charge on any atom is -0.356 e. The molecule has 1 aromatic carbocycles. The maximum absolute atomic E-state index is 12.0. The summed E-state index contributed by atoms with van der Waals surface area (Å²) in [6.45, 7) is 4.20. The van der Waals surface area contributed by atoms with Crippen LogP contribution >= 0.6 is 24.0 Å². The zero-order valence-electron chi connectivity index (χ0n) is 18.6. The van der Waals surface area contributed by atoms with Gasteiger partial charge in [0.15, 0.2) is 5.96 Å². The molecule has 6 nitrogen and oxygen atoms in total. The Labute approximate surface area is 193 Å². The van der Waals surface area contributed by atoms with Crippen molar-refractivity contribution in [3.05, 3.63) is 35.9 Å². The molecule has 0 heterocycles. The summed E-state index contributed by atoms with van der Waals surface area (Å²) in [4.78, 5) is 20.5. The summed E-state index contributed by atoms with van der Waals surface area (Å²) >= 11 is 0. The van der Waals surface area contributed by atoms with Gasteiger partial charge < -0.3 is 20.4 Å². The molecule has 0 aromatic heterocycles. The van der Waals surface area contributed by atoms with Crippen LogP contribution in [0.4, 0.5) is 0 Å². The number of rotatable bonds is 8. The number of carbonyl (C=O) groups is 1. The van der Waals surface area contributed by atoms with E-state index in [2.05, 4.69) is 53.7 Å². The summed E-state index contributed by atoms with van der Waals surface area (Å²) in [6.07, 6.45) is 5.04. The van der Waals surface area contributed by atoms with Gasteiger partial charge in [-0.2, -0.15) is 0 Å². The monoisotopic (exact) mass is 515 g/mol. The van der Waals surface area contributed by atoms with Crippen LogP contribution in [0.15, 0.2) is 35.3 Å². The number of hydrogen-bond acceptors (Lipinski definition) is 3. The second kappa shape index (κ2) is 12.4. The SMILES string of the molecule is CC(NC(=NCC(=O)N(C)C)NCC1(CN(C)C)CCCC1)c1ccccc1.I. The van der Waals surface area contributed by atoms with Crippen molar-refractivity contribution in [2.24, 2.45) is 10.4 Å². The lowest BCUT2D eigenvalue weighted by Crippen LogP contribution is -2.47. The number of guanidine groups is 1. The van der Waals surface area contributed by atoms with Crippen molar-refractivity contribution >= 4 is 35.8 Å². The highest BCUT2D eigenvalue weighted by Gasteiger charge is 2.34.